The third kappa shape index (κ3) is 5.61. The number of nitrogens with zero attached hydrogens (tertiary/aromatic N) is 2. The van der Waals surface area contributed by atoms with Gasteiger partial charge in [-0.1, -0.05) is 65.8 Å². The maximum atomic E-state index is 13.4. The second kappa shape index (κ2) is 11.2. The van der Waals surface area contributed by atoms with E-state index in [1.807, 2.05) is 30.3 Å². The molecule has 1 amide bonds. The largest absolute Gasteiger partial charge is 0.495 e. The second-order valence-electron chi connectivity index (χ2n) is 7.60. The first kappa shape index (κ1) is 23.9. The van der Waals surface area contributed by atoms with Crippen molar-refractivity contribution in [2.24, 2.45) is 0 Å². The predicted molar refractivity (Wildman–Crippen MR) is 137 cm³/mol. The SMILES string of the molecule is COc1ccccc1-n1c(SCC(=O)NCCCc2ccccc2)nc2cc(Cl)ccc2c1=O. The highest BCUT2D eigenvalue weighted by molar-refractivity contribution is 7.99. The number of benzene rings is 3. The van der Waals surface area contributed by atoms with E-state index < -0.39 is 0 Å². The van der Waals surface area contributed by atoms with Crippen LogP contribution < -0.4 is 15.6 Å². The molecule has 8 heteroatoms. The number of aryl methyl sites for hydroxylation is 1. The van der Waals surface area contributed by atoms with E-state index in [-0.39, 0.29) is 17.2 Å². The Morgan fingerprint density at radius 1 is 1.09 bits per heavy atom. The summed E-state index contributed by atoms with van der Waals surface area (Å²) in [6.07, 6.45) is 1.74. The van der Waals surface area contributed by atoms with Crippen molar-refractivity contribution in [2.45, 2.75) is 18.0 Å². The van der Waals surface area contributed by atoms with Gasteiger partial charge in [0, 0.05) is 11.6 Å². The summed E-state index contributed by atoms with van der Waals surface area (Å²) >= 11 is 7.33. The molecule has 4 rings (SSSR count). The summed E-state index contributed by atoms with van der Waals surface area (Å²) in [6, 6.07) is 22.4. The minimum absolute atomic E-state index is 0.120. The molecule has 4 aromatic rings. The van der Waals surface area contributed by atoms with Crippen LogP contribution in [0.5, 0.6) is 5.75 Å². The van der Waals surface area contributed by atoms with Crippen molar-refractivity contribution in [3.05, 3.63) is 93.7 Å². The first-order chi connectivity index (χ1) is 16.6. The van der Waals surface area contributed by atoms with Crippen LogP contribution in [-0.4, -0.2) is 34.9 Å². The van der Waals surface area contributed by atoms with Crippen LogP contribution in [0.1, 0.15) is 12.0 Å². The Labute approximate surface area is 206 Å². The van der Waals surface area contributed by atoms with Gasteiger partial charge in [0.25, 0.3) is 5.56 Å². The lowest BCUT2D eigenvalue weighted by Crippen LogP contribution is -2.27. The molecule has 0 radical (unpaired) electrons. The molecule has 1 heterocycles. The minimum atomic E-state index is -0.253. The highest BCUT2D eigenvalue weighted by Crippen LogP contribution is 2.27. The third-order valence-corrected chi connectivity index (χ3v) is 6.44. The van der Waals surface area contributed by atoms with Crippen molar-refractivity contribution < 1.29 is 9.53 Å². The van der Waals surface area contributed by atoms with Gasteiger partial charge in [-0.05, 0) is 48.7 Å². The second-order valence-corrected chi connectivity index (χ2v) is 8.97. The zero-order valence-electron chi connectivity index (χ0n) is 18.7. The number of hydrogen-bond donors (Lipinski definition) is 1. The maximum Gasteiger partial charge on any atom is 0.266 e. The van der Waals surface area contributed by atoms with Crippen LogP contribution in [0.2, 0.25) is 5.02 Å². The van der Waals surface area contributed by atoms with Gasteiger partial charge in [0.2, 0.25) is 5.91 Å². The number of amides is 1. The predicted octanol–water partition coefficient (Wildman–Crippen LogP) is 4.89. The van der Waals surface area contributed by atoms with E-state index in [0.29, 0.717) is 39.1 Å². The maximum absolute atomic E-state index is 13.4. The molecule has 0 saturated heterocycles. The molecular formula is C26H24ClN3O3S. The van der Waals surface area contributed by atoms with E-state index in [1.54, 1.807) is 37.4 Å². The molecule has 0 aliphatic heterocycles. The standard InChI is InChI=1S/C26H24ClN3O3S/c1-33-23-12-6-5-11-22(23)30-25(32)20-14-13-19(27)16-21(20)29-26(30)34-17-24(31)28-15-7-10-18-8-3-2-4-9-18/h2-6,8-9,11-14,16H,7,10,15,17H2,1H3,(H,28,31). The highest BCUT2D eigenvalue weighted by Gasteiger charge is 2.17. The fourth-order valence-electron chi connectivity index (χ4n) is 3.61. The molecule has 0 unspecified atom stereocenters. The van der Waals surface area contributed by atoms with E-state index in [9.17, 15) is 9.59 Å². The smallest absolute Gasteiger partial charge is 0.266 e. The van der Waals surface area contributed by atoms with Gasteiger partial charge >= 0.3 is 0 Å². The number of rotatable bonds is 9. The number of thioether (sulfide) groups is 1. The van der Waals surface area contributed by atoms with Crippen molar-refractivity contribution in [3.8, 4) is 11.4 Å². The lowest BCUT2D eigenvalue weighted by atomic mass is 10.1. The van der Waals surface area contributed by atoms with Gasteiger partial charge in [-0.15, -0.1) is 0 Å². The number of methoxy groups -OCH3 is 1. The zero-order chi connectivity index (χ0) is 23.9. The number of hydrogen-bond acceptors (Lipinski definition) is 5. The summed E-state index contributed by atoms with van der Waals surface area (Å²) < 4.78 is 6.96. The molecule has 0 atom stereocenters. The van der Waals surface area contributed by atoms with Gasteiger partial charge in [0.05, 0.1) is 29.5 Å². The number of carbonyl (C=O) groups excluding carboxylic acids is 1. The quantitative estimate of drug-likeness (QED) is 0.204. The summed E-state index contributed by atoms with van der Waals surface area (Å²) in [5, 5.41) is 4.26. The summed E-state index contributed by atoms with van der Waals surface area (Å²) in [4.78, 5) is 30.6. The van der Waals surface area contributed by atoms with E-state index in [0.717, 1.165) is 12.8 Å². The third-order valence-electron chi connectivity index (χ3n) is 5.27. The van der Waals surface area contributed by atoms with Gasteiger partial charge in [-0.2, -0.15) is 0 Å². The number of fused-ring (bicyclic) bond motifs is 1. The molecule has 0 spiro atoms. The fraction of sp³-hybridized carbons (Fsp3) is 0.192. The van der Waals surface area contributed by atoms with Crippen molar-refractivity contribution in [3.63, 3.8) is 0 Å². The molecule has 6 nitrogen and oxygen atoms in total. The molecule has 0 aliphatic rings. The molecule has 174 valence electrons. The van der Waals surface area contributed by atoms with Gasteiger partial charge < -0.3 is 10.1 Å². The first-order valence-electron chi connectivity index (χ1n) is 10.9. The Hall–Kier alpha value is -3.29. The average molecular weight is 494 g/mol. The molecule has 0 saturated carbocycles. The monoisotopic (exact) mass is 493 g/mol. The lowest BCUT2D eigenvalue weighted by Gasteiger charge is -2.15. The molecular weight excluding hydrogens is 470 g/mol. The number of halogens is 1. The number of aromatic nitrogens is 2. The van der Waals surface area contributed by atoms with Crippen LogP contribution in [0.25, 0.3) is 16.6 Å². The summed E-state index contributed by atoms with van der Waals surface area (Å²) in [5.74, 6) is 0.538. The van der Waals surface area contributed by atoms with Crippen molar-refractivity contribution in [1.82, 2.24) is 14.9 Å². The van der Waals surface area contributed by atoms with Gasteiger partial charge in [0.15, 0.2) is 5.16 Å². The fourth-order valence-corrected chi connectivity index (χ4v) is 4.61. The van der Waals surface area contributed by atoms with Crippen LogP contribution in [0, 0.1) is 0 Å². The summed E-state index contributed by atoms with van der Waals surface area (Å²) in [7, 11) is 1.55. The molecule has 0 aliphatic carbocycles. The van der Waals surface area contributed by atoms with Crippen LogP contribution in [0.4, 0.5) is 0 Å². The Kier molecular flexibility index (Phi) is 7.87. The Balaban J connectivity index is 1.53. The molecule has 1 aromatic heterocycles. The van der Waals surface area contributed by atoms with Crippen LogP contribution in [0.15, 0.2) is 82.7 Å². The highest BCUT2D eigenvalue weighted by atomic mass is 35.5. The summed E-state index contributed by atoms with van der Waals surface area (Å²) in [6.45, 7) is 0.578. The lowest BCUT2D eigenvalue weighted by molar-refractivity contribution is -0.118. The van der Waals surface area contributed by atoms with Crippen molar-refractivity contribution in [1.29, 1.82) is 0 Å². The first-order valence-corrected chi connectivity index (χ1v) is 12.2. The molecule has 0 bridgehead atoms. The Bertz CT molecular complexity index is 1360. The van der Waals surface area contributed by atoms with Crippen LogP contribution >= 0.6 is 23.4 Å². The summed E-state index contributed by atoms with van der Waals surface area (Å²) in [5.41, 5.74) is 2.03. The van der Waals surface area contributed by atoms with Crippen LogP contribution in [0.3, 0.4) is 0 Å². The van der Waals surface area contributed by atoms with E-state index >= 15 is 0 Å². The number of carbonyl (C=O) groups is 1. The molecule has 3 aromatic carbocycles. The topological polar surface area (TPSA) is 73.2 Å². The van der Waals surface area contributed by atoms with Crippen molar-refractivity contribution >= 4 is 40.2 Å². The Morgan fingerprint density at radius 3 is 2.65 bits per heavy atom. The Morgan fingerprint density at radius 2 is 1.85 bits per heavy atom. The van der Waals surface area contributed by atoms with E-state index in [2.05, 4.69) is 22.4 Å². The van der Waals surface area contributed by atoms with Gasteiger partial charge in [-0.25, -0.2) is 4.98 Å². The zero-order valence-corrected chi connectivity index (χ0v) is 20.2. The number of ether oxygens (including phenoxy) is 1. The van der Waals surface area contributed by atoms with Gasteiger partial charge in [-0.3, -0.25) is 14.2 Å². The number of nitrogens with one attached hydrogen (secondary N) is 1. The molecule has 0 fully saturated rings. The molecule has 34 heavy (non-hydrogen) atoms. The minimum Gasteiger partial charge on any atom is -0.495 e. The van der Waals surface area contributed by atoms with Gasteiger partial charge in [0.1, 0.15) is 5.75 Å². The van der Waals surface area contributed by atoms with Crippen molar-refractivity contribution in [2.75, 3.05) is 19.4 Å². The normalized spacial score (nSPS) is 10.9. The van der Waals surface area contributed by atoms with Crippen LogP contribution in [-0.2, 0) is 11.2 Å². The van der Waals surface area contributed by atoms with E-state index in [4.69, 9.17) is 16.3 Å². The average Bonchev–Trinajstić information content (AvgIpc) is 2.86. The van der Waals surface area contributed by atoms with E-state index in [1.165, 1.54) is 21.9 Å². The number of para-hydroxylation sites is 2. The molecule has 1 N–H and O–H groups in total.